The lowest BCUT2D eigenvalue weighted by molar-refractivity contribution is -0.136. The number of likely N-dealkylation sites (tertiary alicyclic amines) is 2. The Hall–Kier alpha value is -3.42. The fourth-order valence-corrected chi connectivity index (χ4v) is 4.92. The molecule has 35 heavy (non-hydrogen) atoms. The van der Waals surface area contributed by atoms with Crippen LogP contribution in [-0.4, -0.2) is 66.9 Å². The van der Waals surface area contributed by atoms with Gasteiger partial charge in [0, 0.05) is 37.3 Å². The molecule has 8 heteroatoms. The van der Waals surface area contributed by atoms with Gasteiger partial charge in [-0.1, -0.05) is 12.1 Å². The maximum absolute atomic E-state index is 13.6. The zero-order chi connectivity index (χ0) is 24.8. The minimum absolute atomic E-state index is 0.0594. The first-order valence-electron chi connectivity index (χ1n) is 12.2. The van der Waals surface area contributed by atoms with Gasteiger partial charge in [-0.3, -0.25) is 14.4 Å². The first-order chi connectivity index (χ1) is 17.0. The average Bonchev–Trinajstić information content (AvgIpc) is 2.91. The van der Waals surface area contributed by atoms with Crippen molar-refractivity contribution in [3.05, 3.63) is 65.5 Å². The highest BCUT2D eigenvalue weighted by Crippen LogP contribution is 2.25. The van der Waals surface area contributed by atoms with Gasteiger partial charge in [-0.25, -0.2) is 4.39 Å². The number of amides is 3. The number of hydrogen-bond donors (Lipinski definition) is 1. The molecule has 2 aliphatic rings. The molecule has 2 saturated heterocycles. The summed E-state index contributed by atoms with van der Waals surface area (Å²) in [4.78, 5) is 43.0. The number of carbonyl (C=O) groups is 3. The number of benzene rings is 2. The van der Waals surface area contributed by atoms with Gasteiger partial charge in [0.05, 0.1) is 7.11 Å². The lowest BCUT2D eigenvalue weighted by atomic mass is 9.87. The molecule has 2 heterocycles. The maximum Gasteiger partial charge on any atom is 0.253 e. The van der Waals surface area contributed by atoms with Gasteiger partial charge >= 0.3 is 0 Å². The lowest BCUT2D eigenvalue weighted by Crippen LogP contribution is -2.55. The molecule has 0 radical (unpaired) electrons. The number of halogens is 1. The number of ether oxygens (including phenoxy) is 1. The van der Waals surface area contributed by atoms with Crippen LogP contribution < -0.4 is 10.1 Å². The summed E-state index contributed by atoms with van der Waals surface area (Å²) >= 11 is 0. The summed E-state index contributed by atoms with van der Waals surface area (Å²) in [6.07, 6.45) is 4.17. The third-order valence-corrected chi connectivity index (χ3v) is 6.92. The van der Waals surface area contributed by atoms with E-state index < -0.39 is 11.9 Å². The Morgan fingerprint density at radius 3 is 2.29 bits per heavy atom. The van der Waals surface area contributed by atoms with Crippen molar-refractivity contribution >= 4 is 17.7 Å². The predicted octanol–water partition coefficient (Wildman–Crippen LogP) is 3.50. The van der Waals surface area contributed by atoms with Crippen LogP contribution in [0.4, 0.5) is 4.39 Å². The van der Waals surface area contributed by atoms with E-state index in [0.29, 0.717) is 55.9 Å². The van der Waals surface area contributed by atoms with Crippen LogP contribution in [0, 0.1) is 11.7 Å². The van der Waals surface area contributed by atoms with Crippen LogP contribution in [-0.2, 0) is 4.79 Å². The Morgan fingerprint density at radius 1 is 0.914 bits per heavy atom. The van der Waals surface area contributed by atoms with Crippen molar-refractivity contribution in [1.29, 1.82) is 0 Å². The topological polar surface area (TPSA) is 79.0 Å². The molecular formula is C27H32FN3O4. The second kappa shape index (κ2) is 11.3. The Kier molecular flexibility index (Phi) is 8.00. The molecule has 1 N–H and O–H groups in total. The molecule has 0 aromatic heterocycles. The summed E-state index contributed by atoms with van der Waals surface area (Å²) in [6, 6.07) is 11.9. The molecule has 0 unspecified atom stereocenters. The molecule has 0 spiro atoms. The van der Waals surface area contributed by atoms with Gasteiger partial charge in [-0.2, -0.15) is 0 Å². The van der Waals surface area contributed by atoms with Gasteiger partial charge in [-0.05, 0) is 74.4 Å². The van der Waals surface area contributed by atoms with Crippen molar-refractivity contribution in [1.82, 2.24) is 15.1 Å². The van der Waals surface area contributed by atoms with E-state index >= 15 is 0 Å². The first kappa shape index (κ1) is 24.7. The van der Waals surface area contributed by atoms with Crippen LogP contribution in [0.1, 0.15) is 52.8 Å². The SMILES string of the molecule is COc1cccc(C(=O)N[C@@H](C(=O)N2CCCCC2)C2CCN(C(=O)c3cccc(F)c3)CC2)c1. The molecule has 2 aliphatic heterocycles. The smallest absolute Gasteiger partial charge is 0.253 e. The average molecular weight is 482 g/mol. The first-order valence-corrected chi connectivity index (χ1v) is 12.2. The summed E-state index contributed by atoms with van der Waals surface area (Å²) < 4.78 is 18.8. The number of methoxy groups -OCH3 is 1. The molecular weight excluding hydrogens is 449 g/mol. The lowest BCUT2D eigenvalue weighted by Gasteiger charge is -2.38. The van der Waals surface area contributed by atoms with E-state index in [1.54, 1.807) is 42.3 Å². The Balaban J connectivity index is 1.47. The van der Waals surface area contributed by atoms with Crippen LogP contribution in [0.5, 0.6) is 5.75 Å². The second-order valence-corrected chi connectivity index (χ2v) is 9.21. The molecule has 0 saturated carbocycles. The standard InChI is InChI=1S/C27H32FN3O4/c1-35-23-10-6-7-20(18-23)25(32)29-24(27(34)30-13-3-2-4-14-30)19-11-15-31(16-12-19)26(33)21-8-5-9-22(28)17-21/h5-10,17-19,24H,2-4,11-16H2,1H3,(H,29,32)/t24-/m1/s1. The van der Waals surface area contributed by atoms with E-state index in [2.05, 4.69) is 5.32 Å². The van der Waals surface area contributed by atoms with Crippen LogP contribution in [0.15, 0.2) is 48.5 Å². The van der Waals surface area contributed by atoms with Gasteiger partial charge in [-0.15, -0.1) is 0 Å². The summed E-state index contributed by atoms with van der Waals surface area (Å²) in [5, 5.41) is 3.00. The van der Waals surface area contributed by atoms with E-state index in [-0.39, 0.29) is 23.6 Å². The predicted molar refractivity (Wildman–Crippen MR) is 130 cm³/mol. The van der Waals surface area contributed by atoms with Crippen molar-refractivity contribution in [2.45, 2.75) is 38.1 Å². The van der Waals surface area contributed by atoms with Crippen molar-refractivity contribution in [2.24, 2.45) is 5.92 Å². The van der Waals surface area contributed by atoms with E-state index in [0.717, 1.165) is 19.3 Å². The molecule has 2 aromatic carbocycles. The highest BCUT2D eigenvalue weighted by molar-refractivity contribution is 5.98. The third-order valence-electron chi connectivity index (χ3n) is 6.92. The Bertz CT molecular complexity index is 1060. The Morgan fingerprint density at radius 2 is 1.60 bits per heavy atom. The van der Waals surface area contributed by atoms with Crippen molar-refractivity contribution in [2.75, 3.05) is 33.3 Å². The van der Waals surface area contributed by atoms with Crippen molar-refractivity contribution in [3.63, 3.8) is 0 Å². The number of piperidine rings is 2. The minimum atomic E-state index is -0.668. The van der Waals surface area contributed by atoms with Gasteiger partial charge in [0.1, 0.15) is 17.6 Å². The molecule has 2 aromatic rings. The normalized spacial score (nSPS) is 17.5. The monoisotopic (exact) mass is 481 g/mol. The molecule has 1 atom stereocenters. The fourth-order valence-electron chi connectivity index (χ4n) is 4.92. The van der Waals surface area contributed by atoms with Gasteiger partial charge in [0.2, 0.25) is 5.91 Å². The van der Waals surface area contributed by atoms with E-state index in [4.69, 9.17) is 4.74 Å². The van der Waals surface area contributed by atoms with E-state index in [1.165, 1.54) is 18.2 Å². The van der Waals surface area contributed by atoms with Gasteiger partial charge in [0.25, 0.3) is 11.8 Å². The molecule has 4 rings (SSSR count). The molecule has 2 fully saturated rings. The van der Waals surface area contributed by atoms with Crippen LogP contribution >= 0.6 is 0 Å². The van der Waals surface area contributed by atoms with Crippen molar-refractivity contribution < 1.29 is 23.5 Å². The largest absolute Gasteiger partial charge is 0.497 e. The number of hydrogen-bond acceptors (Lipinski definition) is 4. The molecule has 7 nitrogen and oxygen atoms in total. The Labute approximate surface area is 205 Å². The third kappa shape index (κ3) is 5.99. The fraction of sp³-hybridized carbons (Fsp3) is 0.444. The van der Waals surface area contributed by atoms with Crippen molar-refractivity contribution in [3.8, 4) is 5.75 Å². The molecule has 0 bridgehead atoms. The summed E-state index contributed by atoms with van der Waals surface area (Å²) in [5.41, 5.74) is 0.746. The zero-order valence-electron chi connectivity index (χ0n) is 20.0. The van der Waals surface area contributed by atoms with E-state index in [1.807, 2.05) is 4.90 Å². The minimum Gasteiger partial charge on any atom is -0.497 e. The van der Waals surface area contributed by atoms with Crippen LogP contribution in [0.25, 0.3) is 0 Å². The molecule has 0 aliphatic carbocycles. The van der Waals surface area contributed by atoms with Crippen LogP contribution in [0.3, 0.4) is 0 Å². The quantitative estimate of drug-likeness (QED) is 0.685. The highest BCUT2D eigenvalue weighted by Gasteiger charge is 2.36. The van der Waals surface area contributed by atoms with Gasteiger partial charge < -0.3 is 19.9 Å². The summed E-state index contributed by atoms with van der Waals surface area (Å²) in [6.45, 7) is 2.28. The summed E-state index contributed by atoms with van der Waals surface area (Å²) in [7, 11) is 1.54. The van der Waals surface area contributed by atoms with E-state index in [9.17, 15) is 18.8 Å². The maximum atomic E-state index is 13.6. The number of nitrogens with one attached hydrogen (secondary N) is 1. The number of nitrogens with zero attached hydrogens (tertiary/aromatic N) is 2. The second-order valence-electron chi connectivity index (χ2n) is 9.21. The summed E-state index contributed by atoms with van der Waals surface area (Å²) in [5.74, 6) is -0.579. The molecule has 3 amide bonds. The van der Waals surface area contributed by atoms with Gasteiger partial charge in [0.15, 0.2) is 0 Å². The molecule has 186 valence electrons. The zero-order valence-corrected chi connectivity index (χ0v) is 20.0. The number of carbonyl (C=O) groups excluding carboxylic acids is 3. The van der Waals surface area contributed by atoms with Crippen LogP contribution in [0.2, 0.25) is 0 Å². The number of rotatable bonds is 6. The highest BCUT2D eigenvalue weighted by atomic mass is 19.1.